The van der Waals surface area contributed by atoms with Crippen molar-refractivity contribution < 1.29 is 9.53 Å². The Morgan fingerprint density at radius 1 is 1.12 bits per heavy atom. The number of ether oxygens (including phenoxy) is 1. The van der Waals surface area contributed by atoms with Crippen LogP contribution in [-0.4, -0.2) is 38.0 Å². The maximum Gasteiger partial charge on any atom is 0.361 e. The molecule has 124 valence electrons. The van der Waals surface area contributed by atoms with E-state index in [1.807, 2.05) is 54.6 Å². The van der Waals surface area contributed by atoms with Crippen molar-refractivity contribution in [2.75, 3.05) is 7.11 Å². The molecule has 0 fully saturated rings. The Morgan fingerprint density at radius 3 is 2.64 bits per heavy atom. The Morgan fingerprint density at radius 2 is 1.88 bits per heavy atom. The second kappa shape index (κ2) is 6.20. The van der Waals surface area contributed by atoms with Gasteiger partial charge in [-0.25, -0.2) is 14.5 Å². The van der Waals surface area contributed by atoms with Crippen molar-refractivity contribution in [1.82, 2.24) is 25.0 Å². The lowest BCUT2D eigenvalue weighted by Gasteiger charge is -2.05. The number of nitrogens with one attached hydrogen (secondary N) is 1. The largest absolute Gasteiger partial charge is 0.464 e. The number of rotatable bonds is 4. The Kier molecular flexibility index (Phi) is 3.74. The van der Waals surface area contributed by atoms with Gasteiger partial charge in [-0.1, -0.05) is 47.7 Å². The van der Waals surface area contributed by atoms with E-state index in [1.54, 1.807) is 4.68 Å². The molecule has 0 aliphatic carbocycles. The van der Waals surface area contributed by atoms with Crippen LogP contribution in [0.15, 0.2) is 54.6 Å². The predicted octanol–water partition coefficient (Wildman–Crippen LogP) is 2.66. The summed E-state index contributed by atoms with van der Waals surface area (Å²) in [5.41, 5.74) is 3.37. The number of aromatic amines is 1. The lowest BCUT2D eigenvalue weighted by Crippen LogP contribution is -2.08. The zero-order chi connectivity index (χ0) is 17.2. The van der Waals surface area contributed by atoms with Crippen molar-refractivity contribution in [2.24, 2.45) is 0 Å². The number of hydrogen-bond acceptors (Lipinski definition) is 5. The molecule has 1 N–H and O–H groups in total. The number of imidazole rings is 1. The van der Waals surface area contributed by atoms with E-state index in [1.165, 1.54) is 7.11 Å². The third-order valence-corrected chi connectivity index (χ3v) is 3.90. The summed E-state index contributed by atoms with van der Waals surface area (Å²) in [7, 11) is 1.32. The molecule has 0 unspecified atom stereocenters. The maximum atomic E-state index is 12.1. The van der Waals surface area contributed by atoms with Crippen LogP contribution in [0, 0.1) is 0 Å². The molecule has 0 bridgehead atoms. The number of carbonyl (C=O) groups is 1. The van der Waals surface area contributed by atoms with Crippen molar-refractivity contribution in [1.29, 1.82) is 0 Å². The number of H-pyrrole nitrogens is 1. The summed E-state index contributed by atoms with van der Waals surface area (Å²) in [5, 5.41) is 8.14. The zero-order valence-electron chi connectivity index (χ0n) is 13.5. The third kappa shape index (κ3) is 2.76. The van der Waals surface area contributed by atoms with Gasteiger partial charge in [-0.3, -0.25) is 0 Å². The van der Waals surface area contributed by atoms with Crippen molar-refractivity contribution in [2.45, 2.75) is 6.54 Å². The smallest absolute Gasteiger partial charge is 0.361 e. The van der Waals surface area contributed by atoms with Gasteiger partial charge in [0.05, 0.1) is 24.7 Å². The van der Waals surface area contributed by atoms with E-state index >= 15 is 0 Å². The normalized spacial score (nSPS) is 10.9. The first kappa shape index (κ1) is 15.1. The topological polar surface area (TPSA) is 85.7 Å². The van der Waals surface area contributed by atoms with Crippen molar-refractivity contribution in [3.8, 4) is 11.5 Å². The highest BCUT2D eigenvalue weighted by Gasteiger charge is 2.24. The van der Waals surface area contributed by atoms with Gasteiger partial charge in [0.15, 0.2) is 5.82 Å². The minimum absolute atomic E-state index is 0.137. The summed E-state index contributed by atoms with van der Waals surface area (Å²) in [4.78, 5) is 19.9. The minimum Gasteiger partial charge on any atom is -0.464 e. The van der Waals surface area contributed by atoms with Gasteiger partial charge in [-0.2, -0.15) is 0 Å². The molecule has 0 atom stereocenters. The van der Waals surface area contributed by atoms with Crippen LogP contribution in [0.1, 0.15) is 16.1 Å². The number of carbonyl (C=O) groups excluding carboxylic acids is 1. The summed E-state index contributed by atoms with van der Waals surface area (Å²) in [5.74, 6) is -0.0164. The number of esters is 1. The SMILES string of the molecule is COC(=O)c1nnn(Cc2ccccc2)c1-c1nc2ccccc2[nH]1. The van der Waals surface area contributed by atoms with E-state index in [4.69, 9.17) is 4.74 Å². The minimum atomic E-state index is -0.547. The van der Waals surface area contributed by atoms with E-state index in [-0.39, 0.29) is 5.69 Å². The van der Waals surface area contributed by atoms with E-state index < -0.39 is 5.97 Å². The third-order valence-electron chi connectivity index (χ3n) is 3.90. The fourth-order valence-corrected chi connectivity index (χ4v) is 2.71. The average Bonchev–Trinajstić information content (AvgIpc) is 3.25. The summed E-state index contributed by atoms with van der Waals surface area (Å²) in [6, 6.07) is 17.5. The van der Waals surface area contributed by atoms with Gasteiger partial charge in [0.1, 0.15) is 5.69 Å². The van der Waals surface area contributed by atoms with Gasteiger partial charge in [0, 0.05) is 0 Å². The number of benzene rings is 2. The van der Waals surface area contributed by atoms with Crippen LogP contribution in [0.2, 0.25) is 0 Å². The molecule has 4 rings (SSSR count). The highest BCUT2D eigenvalue weighted by molar-refractivity contribution is 5.94. The van der Waals surface area contributed by atoms with Crippen LogP contribution in [-0.2, 0) is 11.3 Å². The highest BCUT2D eigenvalue weighted by atomic mass is 16.5. The molecule has 0 aliphatic heterocycles. The van der Waals surface area contributed by atoms with Crippen molar-refractivity contribution >= 4 is 17.0 Å². The van der Waals surface area contributed by atoms with Crippen LogP contribution in [0.5, 0.6) is 0 Å². The average molecular weight is 333 g/mol. The molecule has 2 heterocycles. The summed E-state index contributed by atoms with van der Waals surface area (Å²) < 4.78 is 6.49. The summed E-state index contributed by atoms with van der Waals surface area (Å²) >= 11 is 0. The predicted molar refractivity (Wildman–Crippen MR) is 92.0 cm³/mol. The highest BCUT2D eigenvalue weighted by Crippen LogP contribution is 2.24. The first-order valence-corrected chi connectivity index (χ1v) is 7.77. The van der Waals surface area contributed by atoms with Gasteiger partial charge < -0.3 is 9.72 Å². The molecule has 0 saturated heterocycles. The van der Waals surface area contributed by atoms with Gasteiger partial charge in [-0.05, 0) is 17.7 Å². The van der Waals surface area contributed by atoms with Crippen LogP contribution in [0.25, 0.3) is 22.6 Å². The van der Waals surface area contributed by atoms with E-state index in [9.17, 15) is 4.79 Å². The molecule has 0 radical (unpaired) electrons. The Balaban J connectivity index is 1.85. The second-order valence-electron chi connectivity index (χ2n) is 5.52. The number of aromatic nitrogens is 5. The van der Waals surface area contributed by atoms with Crippen LogP contribution >= 0.6 is 0 Å². The maximum absolute atomic E-state index is 12.1. The fourth-order valence-electron chi connectivity index (χ4n) is 2.71. The molecule has 0 saturated carbocycles. The first-order chi connectivity index (χ1) is 12.3. The molecule has 0 amide bonds. The molecule has 7 nitrogen and oxygen atoms in total. The quantitative estimate of drug-likeness (QED) is 0.580. The van der Waals surface area contributed by atoms with E-state index in [2.05, 4.69) is 20.3 Å². The first-order valence-electron chi connectivity index (χ1n) is 7.77. The fraction of sp³-hybridized carbons (Fsp3) is 0.111. The zero-order valence-corrected chi connectivity index (χ0v) is 13.5. The molecule has 25 heavy (non-hydrogen) atoms. The van der Waals surface area contributed by atoms with Crippen LogP contribution < -0.4 is 0 Å². The molecular weight excluding hydrogens is 318 g/mol. The molecule has 2 aromatic carbocycles. The molecule has 7 heteroatoms. The summed E-state index contributed by atoms with van der Waals surface area (Å²) in [6.07, 6.45) is 0. The number of hydrogen-bond donors (Lipinski definition) is 1. The van der Waals surface area contributed by atoms with E-state index in [0.29, 0.717) is 18.1 Å². The van der Waals surface area contributed by atoms with Gasteiger partial charge >= 0.3 is 5.97 Å². The van der Waals surface area contributed by atoms with Gasteiger partial charge in [0.25, 0.3) is 0 Å². The standard InChI is InChI=1S/C18H15N5O2/c1-25-18(24)15-16(17-19-13-9-5-6-10-14(13)20-17)23(22-21-15)11-12-7-3-2-4-8-12/h2-10H,11H2,1H3,(H,19,20). The van der Waals surface area contributed by atoms with Crippen molar-refractivity contribution in [3.05, 3.63) is 65.9 Å². The van der Waals surface area contributed by atoms with Crippen LogP contribution in [0.4, 0.5) is 0 Å². The molecule has 4 aromatic rings. The van der Waals surface area contributed by atoms with Gasteiger partial charge in [-0.15, -0.1) is 5.10 Å². The Bertz CT molecular complexity index is 1000. The Hall–Kier alpha value is -3.48. The number of methoxy groups -OCH3 is 1. The van der Waals surface area contributed by atoms with Gasteiger partial charge in [0.2, 0.25) is 5.69 Å². The number of para-hydroxylation sites is 2. The molecule has 0 aliphatic rings. The number of fused-ring (bicyclic) bond motifs is 1. The second-order valence-corrected chi connectivity index (χ2v) is 5.52. The molecular formula is C18H15N5O2. The summed E-state index contributed by atoms with van der Waals surface area (Å²) in [6.45, 7) is 0.469. The van der Waals surface area contributed by atoms with Crippen molar-refractivity contribution in [3.63, 3.8) is 0 Å². The lowest BCUT2D eigenvalue weighted by molar-refractivity contribution is 0.0594. The number of nitrogens with zero attached hydrogens (tertiary/aromatic N) is 4. The van der Waals surface area contributed by atoms with Crippen LogP contribution in [0.3, 0.4) is 0 Å². The Labute approximate surface area is 143 Å². The monoisotopic (exact) mass is 333 g/mol. The van der Waals surface area contributed by atoms with E-state index in [0.717, 1.165) is 16.6 Å². The lowest BCUT2D eigenvalue weighted by atomic mass is 10.2. The molecule has 0 spiro atoms. The molecule has 2 aromatic heterocycles.